The van der Waals surface area contributed by atoms with Crippen LogP contribution >= 0.6 is 0 Å². The van der Waals surface area contributed by atoms with E-state index < -0.39 is 7.32 Å². The van der Waals surface area contributed by atoms with Crippen LogP contribution in [0.15, 0.2) is 24.4 Å². The summed E-state index contributed by atoms with van der Waals surface area (Å²) in [6.45, 7) is 11.5. The molecule has 0 aliphatic heterocycles. The van der Waals surface area contributed by atoms with Gasteiger partial charge in [-0.05, 0) is 19.3 Å². The number of rotatable bonds is 28. The van der Waals surface area contributed by atoms with E-state index in [0.717, 1.165) is 25.8 Å². The third-order valence-electron chi connectivity index (χ3n) is 7.41. The summed E-state index contributed by atoms with van der Waals surface area (Å²) in [5.41, 5.74) is 1.26. The molecule has 1 aromatic rings. The highest BCUT2D eigenvalue weighted by Gasteiger charge is 2.31. The van der Waals surface area contributed by atoms with Crippen LogP contribution in [0.1, 0.15) is 168 Å². The lowest BCUT2D eigenvalue weighted by molar-refractivity contribution is -0.707. The Morgan fingerprint density at radius 2 is 1.11 bits per heavy atom. The van der Waals surface area contributed by atoms with Crippen LogP contribution in [0.4, 0.5) is 0 Å². The average Bonchev–Trinajstić information content (AvgIpc) is 2.94. The zero-order valence-corrected chi connectivity index (χ0v) is 25.9. The van der Waals surface area contributed by atoms with E-state index in [1.807, 2.05) is 0 Å². The molecule has 0 amide bonds. The normalized spacial score (nSPS) is 12.2. The number of nitrogens with zero attached hydrogens (tertiary/aromatic N) is 1. The van der Waals surface area contributed by atoms with Crippen LogP contribution in [0.2, 0.25) is 0 Å². The second-order valence-corrected chi connectivity index (χ2v) is 11.1. The van der Waals surface area contributed by atoms with Crippen LogP contribution in [-0.2, 0) is 20.5 Å². The fourth-order valence-electron chi connectivity index (χ4n) is 4.92. The molecule has 0 spiro atoms. The first-order valence-electron chi connectivity index (χ1n) is 16.6. The summed E-state index contributed by atoms with van der Waals surface area (Å²) in [7, 11) is -0.582. The highest BCUT2D eigenvalue weighted by Crippen LogP contribution is 2.24. The Labute approximate surface area is 237 Å². The predicted octanol–water partition coefficient (Wildman–Crippen LogP) is 9.93. The number of hydrogen-bond donors (Lipinski definition) is 0. The maximum absolute atomic E-state index is 6.69. The van der Waals surface area contributed by atoms with E-state index in [2.05, 4.69) is 56.7 Å². The van der Waals surface area contributed by atoms with Crippen molar-refractivity contribution in [2.75, 3.05) is 13.2 Å². The largest absolute Gasteiger partial charge is 0.640 e. The van der Waals surface area contributed by atoms with E-state index in [1.165, 1.54) is 115 Å². The zero-order chi connectivity index (χ0) is 27.5. The summed E-state index contributed by atoms with van der Waals surface area (Å²) < 4.78 is 21.6. The molecular formula is C33H63BNO3+. The summed E-state index contributed by atoms with van der Waals surface area (Å²) in [5, 5.41) is 0. The van der Waals surface area contributed by atoms with Gasteiger partial charge in [-0.3, -0.25) is 0 Å². The summed E-state index contributed by atoms with van der Waals surface area (Å²) >= 11 is 0. The predicted molar refractivity (Wildman–Crippen MR) is 163 cm³/mol. The molecule has 0 N–H and O–H groups in total. The zero-order valence-electron chi connectivity index (χ0n) is 25.9. The van der Waals surface area contributed by atoms with Gasteiger partial charge in [-0.25, -0.2) is 4.57 Å². The van der Waals surface area contributed by atoms with Crippen molar-refractivity contribution in [3.8, 4) is 0 Å². The van der Waals surface area contributed by atoms with Crippen molar-refractivity contribution >= 4 is 7.32 Å². The number of aromatic nitrogens is 1. The van der Waals surface area contributed by atoms with Crippen molar-refractivity contribution in [1.29, 1.82) is 0 Å². The van der Waals surface area contributed by atoms with Crippen LogP contribution in [0.5, 0.6) is 0 Å². The Kier molecular flexibility index (Phi) is 24.3. The minimum atomic E-state index is -0.582. The molecule has 0 aliphatic carbocycles. The van der Waals surface area contributed by atoms with E-state index in [1.54, 1.807) is 0 Å². The first-order chi connectivity index (χ1) is 18.8. The molecular weight excluding hydrogens is 469 g/mol. The number of aryl methyl sites for hydroxylation is 1. The molecule has 220 valence electrons. The third kappa shape index (κ3) is 18.4. The lowest BCUT2D eigenvalue weighted by atomic mass is 10.0. The van der Waals surface area contributed by atoms with Gasteiger partial charge in [0.05, 0.1) is 0 Å². The number of pyridine rings is 1. The molecule has 1 heterocycles. The summed E-state index contributed by atoms with van der Waals surface area (Å²) in [4.78, 5) is 0. The Hall–Kier alpha value is -0.905. The van der Waals surface area contributed by atoms with Gasteiger partial charge in [0.2, 0.25) is 5.69 Å². The molecule has 1 unspecified atom stereocenters. The topological polar surface area (TPSA) is 31.6 Å². The highest BCUT2D eigenvalue weighted by molar-refractivity contribution is 6.36. The second kappa shape index (κ2) is 26.3. The maximum Gasteiger partial charge on any atom is 0.640 e. The van der Waals surface area contributed by atoms with Crippen LogP contribution in [0, 0.1) is 0 Å². The standard InChI is InChI=1S/C33H63BNO3/c1-5-9-13-16-19-24-30-36-34(37-31-25-20-17-14-10-6-2)38-33(27-21-18-15-11-7-3)32-26-22-23-29-35(32)28-12-8-4/h22-23,26,29,33H,5-21,24-25,27-28,30-31H2,1-4H3/q+1. The van der Waals surface area contributed by atoms with Gasteiger partial charge in [-0.1, -0.05) is 136 Å². The van der Waals surface area contributed by atoms with Gasteiger partial charge in [0.25, 0.3) is 0 Å². The van der Waals surface area contributed by atoms with Crippen molar-refractivity contribution in [1.82, 2.24) is 0 Å². The summed E-state index contributed by atoms with van der Waals surface area (Å²) in [6.07, 6.45) is 27.0. The van der Waals surface area contributed by atoms with Crippen molar-refractivity contribution in [3.63, 3.8) is 0 Å². The highest BCUT2D eigenvalue weighted by atomic mass is 16.7. The molecule has 0 radical (unpaired) electrons. The SMILES string of the molecule is CCCCCCCCOB(OCCCCCCCC)OC(CCCCCCC)c1cccc[n+]1CCCC. The molecule has 1 aromatic heterocycles. The van der Waals surface area contributed by atoms with Gasteiger partial charge in [-0.15, -0.1) is 0 Å². The first-order valence-corrected chi connectivity index (χ1v) is 16.6. The van der Waals surface area contributed by atoms with Crippen LogP contribution < -0.4 is 4.57 Å². The van der Waals surface area contributed by atoms with E-state index in [4.69, 9.17) is 14.0 Å². The summed E-state index contributed by atoms with van der Waals surface area (Å²) in [5.74, 6) is 0. The molecule has 0 saturated carbocycles. The van der Waals surface area contributed by atoms with Crippen LogP contribution in [-0.4, -0.2) is 20.5 Å². The van der Waals surface area contributed by atoms with Gasteiger partial charge in [-0.2, -0.15) is 0 Å². The minimum absolute atomic E-state index is 0.00575. The first kappa shape index (κ1) is 35.1. The molecule has 0 aromatic carbocycles. The van der Waals surface area contributed by atoms with E-state index in [9.17, 15) is 0 Å². The molecule has 1 atom stereocenters. The lowest BCUT2D eigenvalue weighted by Crippen LogP contribution is -2.41. The quantitative estimate of drug-likeness (QED) is 0.0611. The third-order valence-corrected chi connectivity index (χ3v) is 7.41. The van der Waals surface area contributed by atoms with Gasteiger partial charge < -0.3 is 14.0 Å². The molecule has 0 fully saturated rings. The minimum Gasteiger partial charge on any atom is -0.386 e. The molecule has 4 nitrogen and oxygen atoms in total. The monoisotopic (exact) mass is 532 g/mol. The van der Waals surface area contributed by atoms with Gasteiger partial charge in [0.1, 0.15) is 12.6 Å². The van der Waals surface area contributed by atoms with Gasteiger partial charge >= 0.3 is 7.32 Å². The van der Waals surface area contributed by atoms with Crippen molar-refractivity contribution in [2.45, 2.75) is 169 Å². The van der Waals surface area contributed by atoms with Crippen molar-refractivity contribution in [3.05, 3.63) is 30.1 Å². The Morgan fingerprint density at radius 1 is 0.605 bits per heavy atom. The molecule has 38 heavy (non-hydrogen) atoms. The van der Waals surface area contributed by atoms with Crippen LogP contribution in [0.3, 0.4) is 0 Å². The Morgan fingerprint density at radius 3 is 1.66 bits per heavy atom. The molecule has 5 heteroatoms. The van der Waals surface area contributed by atoms with Crippen molar-refractivity contribution < 1.29 is 18.5 Å². The summed E-state index contributed by atoms with van der Waals surface area (Å²) in [6, 6.07) is 6.53. The fraction of sp³-hybridized carbons (Fsp3) is 0.848. The maximum atomic E-state index is 6.69. The Bertz CT molecular complexity index is 612. The molecule has 1 rings (SSSR count). The number of hydrogen-bond acceptors (Lipinski definition) is 3. The molecule has 0 saturated heterocycles. The molecule has 0 aliphatic rings. The smallest absolute Gasteiger partial charge is 0.386 e. The van der Waals surface area contributed by atoms with Crippen LogP contribution in [0.25, 0.3) is 0 Å². The van der Waals surface area contributed by atoms with E-state index in [-0.39, 0.29) is 6.10 Å². The molecule has 0 bridgehead atoms. The lowest BCUT2D eigenvalue weighted by Gasteiger charge is -2.21. The van der Waals surface area contributed by atoms with Crippen molar-refractivity contribution in [2.24, 2.45) is 0 Å². The van der Waals surface area contributed by atoms with Gasteiger partial charge in [0.15, 0.2) is 6.20 Å². The fourth-order valence-corrected chi connectivity index (χ4v) is 4.92. The number of unbranched alkanes of at least 4 members (excludes halogenated alkanes) is 15. The second-order valence-electron chi connectivity index (χ2n) is 11.1. The Balaban J connectivity index is 2.79. The van der Waals surface area contributed by atoms with E-state index >= 15 is 0 Å². The van der Waals surface area contributed by atoms with Gasteiger partial charge in [0, 0.05) is 31.8 Å². The van der Waals surface area contributed by atoms with E-state index in [0.29, 0.717) is 13.2 Å². The average molecular weight is 533 g/mol.